The van der Waals surface area contributed by atoms with E-state index in [0.29, 0.717) is 24.0 Å². The molecule has 2 atom stereocenters. The third-order valence-corrected chi connectivity index (χ3v) is 2.75. The Labute approximate surface area is 87.3 Å². The average Bonchev–Trinajstić information content (AvgIpc) is 2.17. The second kappa shape index (κ2) is 6.63. The number of ether oxygens (including phenoxy) is 1. The van der Waals surface area contributed by atoms with E-state index in [2.05, 4.69) is 27.4 Å². The third kappa shape index (κ3) is 4.45. The fourth-order valence-electron chi connectivity index (χ4n) is 1.32. The van der Waals surface area contributed by atoms with Crippen LogP contribution in [-0.4, -0.2) is 12.6 Å². The maximum absolute atomic E-state index is 11.2. The number of esters is 1. The summed E-state index contributed by atoms with van der Waals surface area (Å²) < 4.78 is 5.14. The zero-order chi connectivity index (χ0) is 11.1. The Kier molecular flexibility index (Phi) is 6.26. The van der Waals surface area contributed by atoms with E-state index in [9.17, 15) is 4.79 Å². The van der Waals surface area contributed by atoms with E-state index in [-0.39, 0.29) is 5.97 Å². The summed E-state index contributed by atoms with van der Waals surface area (Å²) >= 11 is 0. The van der Waals surface area contributed by atoms with Crippen LogP contribution in [0.25, 0.3) is 0 Å². The number of carbonyl (C=O) groups excluding carboxylic acids is 1. The maximum Gasteiger partial charge on any atom is 0.333 e. The summed E-state index contributed by atoms with van der Waals surface area (Å²) in [6.45, 7) is 12.2. The van der Waals surface area contributed by atoms with Gasteiger partial charge in [-0.1, -0.05) is 33.8 Å². The molecule has 0 aliphatic rings. The van der Waals surface area contributed by atoms with Gasteiger partial charge in [-0.2, -0.15) is 0 Å². The molecule has 0 aliphatic carbocycles. The van der Waals surface area contributed by atoms with Gasteiger partial charge in [-0.15, -0.1) is 0 Å². The standard InChI is InChI=1S/C12H22O2/c1-6-10(5)11(7-2)8-14-12(13)9(3)4/h10-11H,3,6-8H2,1-2,4-5H3. The van der Waals surface area contributed by atoms with Crippen molar-refractivity contribution in [3.63, 3.8) is 0 Å². The van der Waals surface area contributed by atoms with Crippen LogP contribution in [0.15, 0.2) is 12.2 Å². The second-order valence-electron chi connectivity index (χ2n) is 3.93. The zero-order valence-corrected chi connectivity index (χ0v) is 9.80. The van der Waals surface area contributed by atoms with Gasteiger partial charge >= 0.3 is 5.97 Å². The first-order valence-electron chi connectivity index (χ1n) is 5.35. The van der Waals surface area contributed by atoms with Gasteiger partial charge in [0.25, 0.3) is 0 Å². The molecule has 0 aromatic rings. The van der Waals surface area contributed by atoms with Crippen molar-refractivity contribution < 1.29 is 9.53 Å². The predicted molar refractivity (Wildman–Crippen MR) is 59.0 cm³/mol. The first kappa shape index (κ1) is 13.2. The molecule has 2 heteroatoms. The molecule has 0 fully saturated rings. The molecular formula is C12H22O2. The first-order valence-corrected chi connectivity index (χ1v) is 5.35. The molecule has 0 saturated heterocycles. The summed E-state index contributed by atoms with van der Waals surface area (Å²) in [6.07, 6.45) is 2.18. The minimum atomic E-state index is -0.272. The Balaban J connectivity index is 3.95. The Morgan fingerprint density at radius 3 is 2.29 bits per heavy atom. The molecule has 0 heterocycles. The van der Waals surface area contributed by atoms with Gasteiger partial charge in [0.2, 0.25) is 0 Å². The summed E-state index contributed by atoms with van der Waals surface area (Å²) in [7, 11) is 0. The molecule has 0 rings (SSSR count). The summed E-state index contributed by atoms with van der Waals surface area (Å²) in [5.74, 6) is 0.813. The summed E-state index contributed by atoms with van der Waals surface area (Å²) in [5, 5.41) is 0. The Hall–Kier alpha value is -0.790. The average molecular weight is 198 g/mol. The Morgan fingerprint density at radius 2 is 1.93 bits per heavy atom. The highest BCUT2D eigenvalue weighted by Crippen LogP contribution is 2.19. The quantitative estimate of drug-likeness (QED) is 0.484. The lowest BCUT2D eigenvalue weighted by Crippen LogP contribution is -2.19. The number of hydrogen-bond acceptors (Lipinski definition) is 2. The van der Waals surface area contributed by atoms with E-state index in [1.165, 1.54) is 0 Å². The fourth-order valence-corrected chi connectivity index (χ4v) is 1.32. The van der Waals surface area contributed by atoms with Crippen molar-refractivity contribution in [3.05, 3.63) is 12.2 Å². The molecule has 2 unspecified atom stereocenters. The van der Waals surface area contributed by atoms with E-state index in [0.717, 1.165) is 12.8 Å². The molecule has 0 N–H and O–H groups in total. The van der Waals surface area contributed by atoms with Crippen LogP contribution in [0.4, 0.5) is 0 Å². The third-order valence-electron chi connectivity index (χ3n) is 2.75. The van der Waals surface area contributed by atoms with Crippen molar-refractivity contribution in [2.75, 3.05) is 6.61 Å². The second-order valence-corrected chi connectivity index (χ2v) is 3.93. The van der Waals surface area contributed by atoms with Gasteiger partial charge in [-0.05, 0) is 25.2 Å². The van der Waals surface area contributed by atoms with Gasteiger partial charge in [0, 0.05) is 5.57 Å². The highest BCUT2D eigenvalue weighted by molar-refractivity contribution is 5.86. The highest BCUT2D eigenvalue weighted by Gasteiger charge is 2.16. The lowest BCUT2D eigenvalue weighted by atomic mass is 9.90. The summed E-state index contributed by atoms with van der Waals surface area (Å²) in [5.41, 5.74) is 0.476. The summed E-state index contributed by atoms with van der Waals surface area (Å²) in [4.78, 5) is 11.2. The Morgan fingerprint density at radius 1 is 1.36 bits per heavy atom. The molecule has 2 nitrogen and oxygen atoms in total. The SMILES string of the molecule is C=C(C)C(=O)OCC(CC)C(C)CC. The molecule has 0 aromatic carbocycles. The normalized spacial score (nSPS) is 14.6. The van der Waals surface area contributed by atoms with Gasteiger partial charge in [0.05, 0.1) is 6.61 Å². The molecule has 0 aromatic heterocycles. The van der Waals surface area contributed by atoms with Crippen LogP contribution in [0.5, 0.6) is 0 Å². The zero-order valence-electron chi connectivity index (χ0n) is 9.80. The van der Waals surface area contributed by atoms with E-state index >= 15 is 0 Å². The van der Waals surface area contributed by atoms with Gasteiger partial charge in [-0.25, -0.2) is 4.79 Å². The molecule has 82 valence electrons. The molecule has 0 aliphatic heterocycles. The minimum absolute atomic E-state index is 0.272. The Bertz CT molecular complexity index is 196. The molecule has 0 radical (unpaired) electrons. The van der Waals surface area contributed by atoms with Crippen LogP contribution < -0.4 is 0 Å². The van der Waals surface area contributed by atoms with Crippen LogP contribution >= 0.6 is 0 Å². The van der Waals surface area contributed by atoms with E-state index in [1.807, 2.05) is 0 Å². The van der Waals surface area contributed by atoms with Crippen LogP contribution in [-0.2, 0) is 9.53 Å². The number of hydrogen-bond donors (Lipinski definition) is 0. The minimum Gasteiger partial charge on any atom is -0.462 e. The summed E-state index contributed by atoms with van der Waals surface area (Å²) in [6, 6.07) is 0. The van der Waals surface area contributed by atoms with Crippen molar-refractivity contribution in [3.8, 4) is 0 Å². The monoisotopic (exact) mass is 198 g/mol. The highest BCUT2D eigenvalue weighted by atomic mass is 16.5. The van der Waals surface area contributed by atoms with Crippen LogP contribution in [0, 0.1) is 11.8 Å². The number of carbonyl (C=O) groups is 1. The van der Waals surface area contributed by atoms with Crippen molar-refractivity contribution >= 4 is 5.97 Å². The lowest BCUT2D eigenvalue weighted by Gasteiger charge is -2.20. The van der Waals surface area contributed by atoms with E-state index < -0.39 is 0 Å². The fraction of sp³-hybridized carbons (Fsp3) is 0.750. The number of rotatable bonds is 6. The first-order chi connectivity index (χ1) is 6.52. The molecule has 14 heavy (non-hydrogen) atoms. The van der Waals surface area contributed by atoms with E-state index in [4.69, 9.17) is 4.74 Å². The van der Waals surface area contributed by atoms with Gasteiger partial charge < -0.3 is 4.74 Å². The van der Waals surface area contributed by atoms with Crippen molar-refractivity contribution in [1.82, 2.24) is 0 Å². The molecule has 0 spiro atoms. The molecular weight excluding hydrogens is 176 g/mol. The van der Waals surface area contributed by atoms with Crippen LogP contribution in [0.3, 0.4) is 0 Å². The smallest absolute Gasteiger partial charge is 0.333 e. The molecule has 0 amide bonds. The van der Waals surface area contributed by atoms with Crippen molar-refractivity contribution in [2.45, 2.75) is 40.5 Å². The molecule has 0 saturated carbocycles. The predicted octanol–water partition coefficient (Wildman–Crippen LogP) is 3.18. The molecule has 0 bridgehead atoms. The lowest BCUT2D eigenvalue weighted by molar-refractivity contribution is -0.140. The van der Waals surface area contributed by atoms with Crippen molar-refractivity contribution in [2.24, 2.45) is 11.8 Å². The van der Waals surface area contributed by atoms with Crippen LogP contribution in [0.1, 0.15) is 40.5 Å². The van der Waals surface area contributed by atoms with Gasteiger partial charge in [0.15, 0.2) is 0 Å². The van der Waals surface area contributed by atoms with Gasteiger partial charge in [0.1, 0.15) is 0 Å². The van der Waals surface area contributed by atoms with E-state index in [1.54, 1.807) is 6.92 Å². The maximum atomic E-state index is 11.2. The topological polar surface area (TPSA) is 26.3 Å². The largest absolute Gasteiger partial charge is 0.462 e. The van der Waals surface area contributed by atoms with Crippen molar-refractivity contribution in [1.29, 1.82) is 0 Å². The van der Waals surface area contributed by atoms with Gasteiger partial charge in [-0.3, -0.25) is 0 Å². The van der Waals surface area contributed by atoms with Crippen LogP contribution in [0.2, 0.25) is 0 Å².